The minimum absolute atomic E-state index is 0.243. The molecule has 1 amide bonds. The maximum absolute atomic E-state index is 12.2. The average molecular weight is 373 g/mol. The molecule has 2 N–H and O–H groups in total. The lowest BCUT2D eigenvalue weighted by Gasteiger charge is -2.18. The standard InChI is InChI=1S/C20H23NO6/c1-11(2)18(19(23)24)21-17(22)10-26-12-7-8-14-13-5-3-4-6-15(13)20(25)27-16(14)9-12/h7-9,11,18H,3-6,10H2,1-2H3,(H,21,22)(H,23,24). The van der Waals surface area contributed by atoms with Gasteiger partial charge in [0, 0.05) is 17.0 Å². The lowest BCUT2D eigenvalue weighted by molar-refractivity contribution is -0.143. The molecule has 0 spiro atoms. The Morgan fingerprint density at radius 1 is 1.22 bits per heavy atom. The summed E-state index contributed by atoms with van der Waals surface area (Å²) in [5.74, 6) is -1.47. The van der Waals surface area contributed by atoms with Crippen LogP contribution in [-0.2, 0) is 22.4 Å². The molecule has 7 heteroatoms. The molecular formula is C20H23NO6. The molecule has 2 aromatic rings. The summed E-state index contributed by atoms with van der Waals surface area (Å²) >= 11 is 0. The third kappa shape index (κ3) is 4.13. The number of hydrogen-bond acceptors (Lipinski definition) is 5. The summed E-state index contributed by atoms with van der Waals surface area (Å²) in [5, 5.41) is 12.5. The summed E-state index contributed by atoms with van der Waals surface area (Å²) in [6.07, 6.45) is 3.64. The number of nitrogens with one attached hydrogen (secondary N) is 1. The van der Waals surface area contributed by atoms with Crippen LogP contribution >= 0.6 is 0 Å². The van der Waals surface area contributed by atoms with E-state index in [1.165, 1.54) is 0 Å². The minimum atomic E-state index is -1.09. The molecule has 27 heavy (non-hydrogen) atoms. The summed E-state index contributed by atoms with van der Waals surface area (Å²) in [7, 11) is 0. The van der Waals surface area contributed by atoms with Gasteiger partial charge in [0.2, 0.25) is 0 Å². The predicted octanol–water partition coefficient (Wildman–Crippen LogP) is 2.28. The van der Waals surface area contributed by atoms with Gasteiger partial charge in [-0.15, -0.1) is 0 Å². The van der Waals surface area contributed by atoms with Crippen molar-refractivity contribution < 1.29 is 23.8 Å². The van der Waals surface area contributed by atoms with Crippen LogP contribution in [0, 0.1) is 5.92 Å². The van der Waals surface area contributed by atoms with Crippen molar-refractivity contribution in [2.45, 2.75) is 45.6 Å². The molecule has 1 heterocycles. The quantitative estimate of drug-likeness (QED) is 0.753. The fraction of sp³-hybridized carbons (Fsp3) is 0.450. The Kier molecular flexibility index (Phi) is 5.48. The van der Waals surface area contributed by atoms with Crippen molar-refractivity contribution in [2.75, 3.05) is 6.61 Å². The van der Waals surface area contributed by atoms with Crippen LogP contribution in [0.3, 0.4) is 0 Å². The number of aryl methyl sites for hydroxylation is 1. The molecule has 3 rings (SSSR count). The van der Waals surface area contributed by atoms with E-state index < -0.39 is 17.9 Å². The van der Waals surface area contributed by atoms with Crippen LogP contribution in [0.5, 0.6) is 5.75 Å². The molecule has 1 unspecified atom stereocenters. The number of amides is 1. The number of carboxylic acid groups (broad SMARTS) is 1. The summed E-state index contributed by atoms with van der Waals surface area (Å²) in [5.41, 5.74) is 1.92. The second-order valence-electron chi connectivity index (χ2n) is 7.13. The molecule has 1 aromatic heterocycles. The molecule has 0 bridgehead atoms. The van der Waals surface area contributed by atoms with Crippen molar-refractivity contribution in [2.24, 2.45) is 5.92 Å². The first-order chi connectivity index (χ1) is 12.9. The molecule has 1 atom stereocenters. The zero-order valence-corrected chi connectivity index (χ0v) is 15.4. The number of fused-ring (bicyclic) bond motifs is 3. The zero-order valence-electron chi connectivity index (χ0n) is 15.4. The molecule has 0 saturated carbocycles. The molecule has 0 fully saturated rings. The maximum atomic E-state index is 12.2. The zero-order chi connectivity index (χ0) is 19.6. The van der Waals surface area contributed by atoms with Gasteiger partial charge >= 0.3 is 11.6 Å². The van der Waals surface area contributed by atoms with Gasteiger partial charge in [-0.1, -0.05) is 13.8 Å². The number of ether oxygens (including phenoxy) is 1. The molecule has 0 aliphatic heterocycles. The van der Waals surface area contributed by atoms with Crippen molar-refractivity contribution in [1.82, 2.24) is 5.32 Å². The summed E-state index contributed by atoms with van der Waals surface area (Å²) < 4.78 is 10.9. The Balaban J connectivity index is 1.74. The first kappa shape index (κ1) is 18.9. The highest BCUT2D eigenvalue weighted by Crippen LogP contribution is 2.29. The second kappa shape index (κ2) is 7.82. The van der Waals surface area contributed by atoms with Gasteiger partial charge in [0.15, 0.2) is 6.61 Å². The van der Waals surface area contributed by atoms with Crippen LogP contribution in [0.15, 0.2) is 27.4 Å². The number of carboxylic acids is 1. The Bertz CT molecular complexity index is 930. The van der Waals surface area contributed by atoms with Gasteiger partial charge in [0.05, 0.1) is 0 Å². The summed E-state index contributed by atoms with van der Waals surface area (Å²) in [6, 6.07) is 4.18. The number of hydrogen-bond donors (Lipinski definition) is 2. The Morgan fingerprint density at radius 2 is 1.93 bits per heavy atom. The van der Waals surface area contributed by atoms with Crippen LogP contribution in [-0.4, -0.2) is 29.6 Å². The van der Waals surface area contributed by atoms with Gasteiger partial charge in [-0.05, 0) is 49.3 Å². The molecule has 0 radical (unpaired) electrons. The number of carbonyl (C=O) groups is 2. The van der Waals surface area contributed by atoms with Crippen molar-refractivity contribution in [3.63, 3.8) is 0 Å². The largest absolute Gasteiger partial charge is 0.484 e. The SMILES string of the molecule is CC(C)C(NC(=O)COc1ccc2c3c(c(=O)oc2c1)CCCC3)C(=O)O. The second-order valence-corrected chi connectivity index (χ2v) is 7.13. The van der Waals surface area contributed by atoms with Crippen LogP contribution in [0.25, 0.3) is 11.0 Å². The van der Waals surface area contributed by atoms with Crippen LogP contribution < -0.4 is 15.7 Å². The molecule has 1 aliphatic carbocycles. The summed E-state index contributed by atoms with van der Waals surface area (Å²) in [4.78, 5) is 35.3. The lowest BCUT2D eigenvalue weighted by Crippen LogP contribution is -2.46. The van der Waals surface area contributed by atoms with Gasteiger partial charge in [0.1, 0.15) is 17.4 Å². The van der Waals surface area contributed by atoms with Crippen LogP contribution in [0.2, 0.25) is 0 Å². The molecule has 144 valence electrons. The van der Waals surface area contributed by atoms with Gasteiger partial charge in [-0.25, -0.2) is 9.59 Å². The highest BCUT2D eigenvalue weighted by atomic mass is 16.5. The van der Waals surface area contributed by atoms with E-state index in [4.69, 9.17) is 14.3 Å². The van der Waals surface area contributed by atoms with Crippen molar-refractivity contribution in [3.05, 3.63) is 39.7 Å². The lowest BCUT2D eigenvalue weighted by atomic mass is 9.91. The minimum Gasteiger partial charge on any atom is -0.484 e. The Morgan fingerprint density at radius 3 is 2.59 bits per heavy atom. The number of rotatable bonds is 6. The highest BCUT2D eigenvalue weighted by Gasteiger charge is 2.23. The van der Waals surface area contributed by atoms with Crippen molar-refractivity contribution >= 4 is 22.8 Å². The normalized spacial score (nSPS) is 14.6. The third-order valence-electron chi connectivity index (χ3n) is 4.81. The Labute approximate surface area is 156 Å². The van der Waals surface area contributed by atoms with Gasteiger partial charge in [-0.2, -0.15) is 0 Å². The van der Waals surface area contributed by atoms with E-state index in [1.807, 2.05) is 6.07 Å². The van der Waals surface area contributed by atoms with Gasteiger partial charge in [0.25, 0.3) is 5.91 Å². The van der Waals surface area contributed by atoms with E-state index in [2.05, 4.69) is 5.32 Å². The smallest absolute Gasteiger partial charge is 0.339 e. The molecule has 1 aromatic carbocycles. The van der Waals surface area contributed by atoms with Crippen molar-refractivity contribution in [3.8, 4) is 5.75 Å². The number of carbonyl (C=O) groups excluding carboxylic acids is 1. The molecule has 7 nitrogen and oxygen atoms in total. The fourth-order valence-electron chi connectivity index (χ4n) is 3.39. The monoisotopic (exact) mass is 373 g/mol. The fourth-order valence-corrected chi connectivity index (χ4v) is 3.39. The molecule has 1 aliphatic rings. The van der Waals surface area contributed by atoms with E-state index in [1.54, 1.807) is 26.0 Å². The van der Waals surface area contributed by atoms with E-state index >= 15 is 0 Å². The van der Waals surface area contributed by atoms with Gasteiger partial charge < -0.3 is 19.6 Å². The average Bonchev–Trinajstić information content (AvgIpc) is 2.64. The topological polar surface area (TPSA) is 106 Å². The highest BCUT2D eigenvalue weighted by molar-refractivity contribution is 5.85. The van der Waals surface area contributed by atoms with Crippen LogP contribution in [0.4, 0.5) is 0 Å². The molecular weight excluding hydrogens is 350 g/mol. The summed E-state index contributed by atoms with van der Waals surface area (Å²) in [6.45, 7) is 3.11. The molecule has 0 saturated heterocycles. The van der Waals surface area contributed by atoms with Crippen LogP contribution in [0.1, 0.15) is 37.8 Å². The Hall–Kier alpha value is -2.83. The maximum Gasteiger partial charge on any atom is 0.339 e. The van der Waals surface area contributed by atoms with E-state index in [0.717, 1.165) is 42.2 Å². The van der Waals surface area contributed by atoms with Gasteiger partial charge in [-0.3, -0.25) is 4.79 Å². The van der Waals surface area contributed by atoms with E-state index in [9.17, 15) is 14.4 Å². The van der Waals surface area contributed by atoms with E-state index in [-0.39, 0.29) is 18.2 Å². The number of aliphatic carboxylic acids is 1. The first-order valence-corrected chi connectivity index (χ1v) is 9.10. The van der Waals surface area contributed by atoms with E-state index in [0.29, 0.717) is 11.3 Å². The predicted molar refractivity (Wildman–Crippen MR) is 99.0 cm³/mol. The third-order valence-corrected chi connectivity index (χ3v) is 4.81. The van der Waals surface area contributed by atoms with Crippen molar-refractivity contribution in [1.29, 1.82) is 0 Å². The number of benzene rings is 1. The first-order valence-electron chi connectivity index (χ1n) is 9.10.